The van der Waals surface area contributed by atoms with E-state index >= 15 is 0 Å². The summed E-state index contributed by atoms with van der Waals surface area (Å²) in [4.78, 5) is 23.8. The van der Waals surface area contributed by atoms with E-state index in [9.17, 15) is 9.59 Å². The zero-order chi connectivity index (χ0) is 17.0. The summed E-state index contributed by atoms with van der Waals surface area (Å²) in [6.07, 6.45) is 2.06. The third-order valence-electron chi connectivity index (χ3n) is 4.57. The highest BCUT2D eigenvalue weighted by Gasteiger charge is 2.31. The van der Waals surface area contributed by atoms with Crippen LogP contribution in [-0.2, 0) is 4.79 Å². The Morgan fingerprint density at radius 1 is 1.17 bits per heavy atom. The lowest BCUT2D eigenvalue weighted by Crippen LogP contribution is -2.20. The summed E-state index contributed by atoms with van der Waals surface area (Å²) >= 11 is 0. The molecular weight excluding hydrogens is 302 g/mol. The van der Waals surface area contributed by atoms with Crippen molar-refractivity contribution in [1.82, 2.24) is 0 Å². The number of carbonyl (C=O) groups excluding carboxylic acids is 1. The molecule has 0 saturated carbocycles. The van der Waals surface area contributed by atoms with Gasteiger partial charge in [0.2, 0.25) is 0 Å². The number of allylic oxidation sites excluding steroid dienone is 3. The highest BCUT2D eigenvalue weighted by molar-refractivity contribution is 6.11. The summed E-state index contributed by atoms with van der Waals surface area (Å²) in [5, 5.41) is 4.17. The average Bonchev–Trinajstić information content (AvgIpc) is 2.53. The lowest BCUT2D eigenvalue weighted by atomic mass is 9.77. The summed E-state index contributed by atoms with van der Waals surface area (Å²) in [6.45, 7) is 8.29. The molecule has 24 heavy (non-hydrogen) atoms. The van der Waals surface area contributed by atoms with Crippen LogP contribution < -0.4 is 10.9 Å². The zero-order valence-electron chi connectivity index (χ0n) is 13.6. The van der Waals surface area contributed by atoms with Crippen LogP contribution in [0.15, 0.2) is 63.0 Å². The molecule has 2 aromatic rings. The van der Waals surface area contributed by atoms with Crippen molar-refractivity contribution in [3.63, 3.8) is 0 Å². The number of benzene rings is 1. The van der Waals surface area contributed by atoms with Gasteiger partial charge in [-0.3, -0.25) is 4.79 Å². The van der Waals surface area contributed by atoms with Crippen molar-refractivity contribution in [3.05, 3.63) is 69.7 Å². The minimum atomic E-state index is -0.382. The first kappa shape index (κ1) is 14.7. The highest BCUT2D eigenvalue weighted by Crippen LogP contribution is 2.46. The molecule has 4 heteroatoms. The Balaban J connectivity index is 2.09. The van der Waals surface area contributed by atoms with Gasteiger partial charge >= 0.3 is 5.63 Å². The maximum absolute atomic E-state index is 12.3. The van der Waals surface area contributed by atoms with Gasteiger partial charge in [0.25, 0.3) is 0 Å². The molecule has 2 aliphatic rings. The van der Waals surface area contributed by atoms with Crippen LogP contribution in [0.2, 0.25) is 0 Å². The van der Waals surface area contributed by atoms with Crippen LogP contribution >= 0.6 is 0 Å². The van der Waals surface area contributed by atoms with Crippen LogP contribution in [0.25, 0.3) is 16.5 Å². The van der Waals surface area contributed by atoms with Gasteiger partial charge in [-0.05, 0) is 41.3 Å². The second kappa shape index (κ2) is 5.06. The Hall–Kier alpha value is -2.88. The molecule has 4 rings (SSSR count). The van der Waals surface area contributed by atoms with Gasteiger partial charge in [0, 0.05) is 40.4 Å². The van der Waals surface area contributed by atoms with E-state index in [2.05, 4.69) is 25.7 Å². The van der Waals surface area contributed by atoms with Crippen molar-refractivity contribution in [3.8, 4) is 0 Å². The molecule has 0 bridgehead atoms. The topological polar surface area (TPSA) is 59.3 Å². The van der Waals surface area contributed by atoms with Crippen molar-refractivity contribution >= 4 is 28.0 Å². The molecule has 1 aliphatic heterocycles. The van der Waals surface area contributed by atoms with Crippen molar-refractivity contribution in [1.29, 1.82) is 0 Å². The average molecular weight is 319 g/mol. The van der Waals surface area contributed by atoms with Crippen LogP contribution in [0.1, 0.15) is 25.8 Å². The van der Waals surface area contributed by atoms with Gasteiger partial charge in [-0.1, -0.05) is 20.4 Å². The molecule has 4 nitrogen and oxygen atoms in total. The molecule has 1 aromatic heterocycles. The molecule has 0 amide bonds. The monoisotopic (exact) mass is 319 g/mol. The summed E-state index contributed by atoms with van der Waals surface area (Å²) in [5.74, 6) is 0.305. The second-order valence-corrected chi connectivity index (χ2v) is 6.51. The van der Waals surface area contributed by atoms with Gasteiger partial charge in [-0.25, -0.2) is 4.79 Å². The number of hydrogen-bond acceptors (Lipinski definition) is 4. The first-order valence-corrected chi connectivity index (χ1v) is 7.97. The third kappa shape index (κ3) is 2.07. The predicted octanol–water partition coefficient (Wildman–Crippen LogP) is 4.04. The standard InChI is InChI=1S/C20H17NO3/c1-10(2)14-8-12(22)9-15-19(14)11(3)21-16-5-6-17-13(20(15)16)4-7-18(23)24-17/h4-8,10,21H,3,9H2,1-2H3. The smallest absolute Gasteiger partial charge is 0.336 e. The molecule has 0 atom stereocenters. The van der Waals surface area contributed by atoms with E-state index in [1.54, 1.807) is 18.2 Å². The number of rotatable bonds is 1. The Kier molecular flexibility index (Phi) is 3.10. The fraction of sp³-hybridized carbons (Fsp3) is 0.200. The first-order chi connectivity index (χ1) is 11.5. The van der Waals surface area contributed by atoms with E-state index in [1.165, 1.54) is 6.07 Å². The summed E-state index contributed by atoms with van der Waals surface area (Å²) in [6, 6.07) is 6.81. The van der Waals surface area contributed by atoms with Crippen LogP contribution in [0.5, 0.6) is 0 Å². The van der Waals surface area contributed by atoms with Crippen LogP contribution in [-0.4, -0.2) is 5.78 Å². The molecule has 0 saturated heterocycles. The number of fused-ring (bicyclic) bond motifs is 4. The summed E-state index contributed by atoms with van der Waals surface area (Å²) in [5.41, 5.74) is 5.74. The fourth-order valence-electron chi connectivity index (χ4n) is 3.56. The minimum Gasteiger partial charge on any atom is -0.423 e. The molecule has 2 heterocycles. The van der Waals surface area contributed by atoms with Gasteiger partial charge in [-0.2, -0.15) is 0 Å². The lowest BCUT2D eigenvalue weighted by molar-refractivity contribution is -0.113. The van der Waals surface area contributed by atoms with Crippen molar-refractivity contribution in [2.75, 3.05) is 5.32 Å². The number of nitrogens with one attached hydrogen (secondary N) is 1. The van der Waals surface area contributed by atoms with Crippen molar-refractivity contribution in [2.24, 2.45) is 5.92 Å². The lowest BCUT2D eigenvalue weighted by Gasteiger charge is -2.32. The maximum Gasteiger partial charge on any atom is 0.336 e. The van der Waals surface area contributed by atoms with Crippen molar-refractivity contribution in [2.45, 2.75) is 20.3 Å². The molecule has 1 N–H and O–H groups in total. The molecule has 0 unspecified atom stereocenters. The van der Waals surface area contributed by atoms with Crippen LogP contribution in [0.4, 0.5) is 5.69 Å². The van der Waals surface area contributed by atoms with E-state index < -0.39 is 0 Å². The van der Waals surface area contributed by atoms with E-state index in [1.807, 2.05) is 6.07 Å². The minimum absolute atomic E-state index is 0.0903. The Bertz CT molecular complexity index is 1030. The molecular formula is C20H17NO3. The molecule has 0 radical (unpaired) electrons. The molecule has 1 aliphatic carbocycles. The first-order valence-electron chi connectivity index (χ1n) is 7.97. The number of anilines is 1. The number of carbonyl (C=O) groups is 1. The Labute approximate surface area is 139 Å². The summed E-state index contributed by atoms with van der Waals surface area (Å²) in [7, 11) is 0. The molecule has 0 fully saturated rings. The fourth-order valence-corrected chi connectivity index (χ4v) is 3.56. The third-order valence-corrected chi connectivity index (χ3v) is 4.57. The quantitative estimate of drug-likeness (QED) is 0.806. The molecule has 1 aromatic carbocycles. The van der Waals surface area contributed by atoms with E-state index in [0.29, 0.717) is 12.0 Å². The maximum atomic E-state index is 12.3. The SMILES string of the molecule is C=C1Nc2ccc3oc(=O)ccc3c2C2=C1C(C(C)C)=CC(=O)C2. The largest absolute Gasteiger partial charge is 0.423 e. The van der Waals surface area contributed by atoms with E-state index in [4.69, 9.17) is 4.42 Å². The molecule has 120 valence electrons. The van der Waals surface area contributed by atoms with E-state index in [0.717, 1.165) is 39.1 Å². The number of ketones is 1. The number of hydrogen-bond donors (Lipinski definition) is 1. The van der Waals surface area contributed by atoms with Gasteiger partial charge in [0.05, 0.1) is 0 Å². The zero-order valence-corrected chi connectivity index (χ0v) is 13.6. The highest BCUT2D eigenvalue weighted by atomic mass is 16.4. The Morgan fingerprint density at radius 3 is 2.71 bits per heavy atom. The van der Waals surface area contributed by atoms with Crippen LogP contribution in [0.3, 0.4) is 0 Å². The van der Waals surface area contributed by atoms with Crippen molar-refractivity contribution < 1.29 is 9.21 Å². The van der Waals surface area contributed by atoms with Crippen LogP contribution in [0, 0.1) is 5.92 Å². The van der Waals surface area contributed by atoms with E-state index in [-0.39, 0.29) is 17.3 Å². The second-order valence-electron chi connectivity index (χ2n) is 6.51. The Morgan fingerprint density at radius 2 is 1.96 bits per heavy atom. The van der Waals surface area contributed by atoms with Gasteiger partial charge < -0.3 is 9.73 Å². The van der Waals surface area contributed by atoms with Gasteiger partial charge in [-0.15, -0.1) is 0 Å². The molecule has 0 spiro atoms. The van der Waals surface area contributed by atoms with Gasteiger partial charge in [0.1, 0.15) is 5.58 Å². The van der Waals surface area contributed by atoms with Gasteiger partial charge in [0.15, 0.2) is 5.78 Å². The normalized spacial score (nSPS) is 16.9. The summed E-state index contributed by atoms with van der Waals surface area (Å²) < 4.78 is 5.31. The predicted molar refractivity (Wildman–Crippen MR) is 94.7 cm³/mol.